The number of hydrogen-bond acceptors (Lipinski definition) is 5. The Kier molecular flexibility index (Phi) is 10.4. The first kappa shape index (κ1) is 25.6. The van der Waals surface area contributed by atoms with Gasteiger partial charge in [-0.05, 0) is 48.2 Å². The first-order valence-corrected chi connectivity index (χ1v) is 11.9. The fourth-order valence-electron chi connectivity index (χ4n) is 3.02. The van der Waals surface area contributed by atoms with Crippen molar-refractivity contribution in [2.75, 3.05) is 26.5 Å². The van der Waals surface area contributed by atoms with Crippen molar-refractivity contribution in [3.05, 3.63) is 59.7 Å². The Hall–Kier alpha value is -2.67. The lowest BCUT2D eigenvalue weighted by Crippen LogP contribution is -2.48. The second kappa shape index (κ2) is 13.0. The maximum atomic E-state index is 13.1. The van der Waals surface area contributed by atoms with Crippen LogP contribution >= 0.6 is 11.8 Å². The van der Waals surface area contributed by atoms with E-state index in [9.17, 15) is 9.59 Å². The Balaban J connectivity index is 2.04. The summed E-state index contributed by atoms with van der Waals surface area (Å²) in [5.74, 6) is 2.71. The highest BCUT2D eigenvalue weighted by Crippen LogP contribution is 2.19. The molecular formula is C25H34N2O4S. The summed E-state index contributed by atoms with van der Waals surface area (Å²) in [5.41, 5.74) is 2.07. The zero-order chi connectivity index (χ0) is 23.5. The minimum atomic E-state index is -0.565. The molecule has 0 fully saturated rings. The van der Waals surface area contributed by atoms with Crippen LogP contribution in [0.3, 0.4) is 0 Å². The predicted octanol–water partition coefficient (Wildman–Crippen LogP) is 4.13. The normalized spacial score (nSPS) is 11.7. The summed E-state index contributed by atoms with van der Waals surface area (Å²) < 4.78 is 10.4. The molecule has 2 rings (SSSR count). The highest BCUT2D eigenvalue weighted by molar-refractivity contribution is 7.99. The maximum Gasteiger partial charge on any atom is 0.242 e. The zero-order valence-electron chi connectivity index (χ0n) is 19.6. The molecule has 0 bridgehead atoms. The molecule has 0 spiro atoms. The number of amides is 2. The van der Waals surface area contributed by atoms with E-state index in [2.05, 4.69) is 5.32 Å². The van der Waals surface area contributed by atoms with Crippen molar-refractivity contribution in [1.29, 1.82) is 0 Å². The summed E-state index contributed by atoms with van der Waals surface area (Å²) in [5, 5.41) is 2.94. The smallest absolute Gasteiger partial charge is 0.242 e. The molecule has 2 amide bonds. The van der Waals surface area contributed by atoms with Gasteiger partial charge in [-0.2, -0.15) is 0 Å². The molecule has 0 aliphatic carbocycles. The third-order valence-electron chi connectivity index (χ3n) is 5.02. The van der Waals surface area contributed by atoms with Crippen LogP contribution < -0.4 is 14.8 Å². The number of benzene rings is 2. The van der Waals surface area contributed by atoms with Crippen LogP contribution in [-0.4, -0.2) is 49.3 Å². The number of ether oxygens (including phenoxy) is 2. The van der Waals surface area contributed by atoms with Crippen LogP contribution in [0.15, 0.2) is 48.5 Å². The van der Waals surface area contributed by atoms with E-state index in [0.717, 1.165) is 22.6 Å². The van der Waals surface area contributed by atoms with Gasteiger partial charge in [0, 0.05) is 18.8 Å². The van der Waals surface area contributed by atoms with Gasteiger partial charge in [0.1, 0.15) is 17.5 Å². The van der Waals surface area contributed by atoms with Gasteiger partial charge in [0.25, 0.3) is 0 Å². The van der Waals surface area contributed by atoms with Crippen LogP contribution in [-0.2, 0) is 21.9 Å². The molecule has 0 heterocycles. The summed E-state index contributed by atoms with van der Waals surface area (Å²) in [6.45, 7) is 6.81. The molecule has 2 aromatic carbocycles. The van der Waals surface area contributed by atoms with E-state index in [1.165, 1.54) is 11.8 Å². The first-order chi connectivity index (χ1) is 15.3. The van der Waals surface area contributed by atoms with Crippen LogP contribution in [0.25, 0.3) is 0 Å². The molecule has 0 saturated heterocycles. The summed E-state index contributed by atoms with van der Waals surface area (Å²) >= 11 is 1.54. The molecule has 0 aromatic heterocycles. The van der Waals surface area contributed by atoms with E-state index in [1.54, 1.807) is 26.0 Å². The summed E-state index contributed by atoms with van der Waals surface area (Å²) in [6.07, 6.45) is 0. The third kappa shape index (κ3) is 8.11. The van der Waals surface area contributed by atoms with Crippen molar-refractivity contribution in [2.24, 2.45) is 5.92 Å². The lowest BCUT2D eigenvalue weighted by molar-refractivity contribution is -0.138. The van der Waals surface area contributed by atoms with Crippen molar-refractivity contribution in [1.82, 2.24) is 10.2 Å². The van der Waals surface area contributed by atoms with Crippen LogP contribution in [0.2, 0.25) is 0 Å². The number of rotatable bonds is 12. The number of methoxy groups -OCH3 is 2. The predicted molar refractivity (Wildman–Crippen MR) is 130 cm³/mol. The van der Waals surface area contributed by atoms with Crippen molar-refractivity contribution in [3.63, 3.8) is 0 Å². The van der Waals surface area contributed by atoms with Gasteiger partial charge in [-0.25, -0.2) is 0 Å². The van der Waals surface area contributed by atoms with Crippen molar-refractivity contribution in [2.45, 2.75) is 39.1 Å². The monoisotopic (exact) mass is 458 g/mol. The Morgan fingerprint density at radius 2 is 1.44 bits per heavy atom. The van der Waals surface area contributed by atoms with E-state index in [1.807, 2.05) is 62.4 Å². The molecule has 1 atom stereocenters. The minimum absolute atomic E-state index is 0.0634. The molecule has 7 heteroatoms. The molecule has 0 radical (unpaired) electrons. The van der Waals surface area contributed by atoms with Gasteiger partial charge >= 0.3 is 0 Å². The topological polar surface area (TPSA) is 67.9 Å². The fourth-order valence-corrected chi connectivity index (χ4v) is 3.89. The van der Waals surface area contributed by atoms with E-state index in [0.29, 0.717) is 30.5 Å². The highest BCUT2D eigenvalue weighted by atomic mass is 32.2. The van der Waals surface area contributed by atoms with Crippen LogP contribution in [0.1, 0.15) is 31.9 Å². The van der Waals surface area contributed by atoms with Gasteiger partial charge in [-0.3, -0.25) is 9.59 Å². The Labute approximate surface area is 195 Å². The molecule has 0 unspecified atom stereocenters. The van der Waals surface area contributed by atoms with Gasteiger partial charge in [0.2, 0.25) is 11.8 Å². The summed E-state index contributed by atoms with van der Waals surface area (Å²) in [6, 6.07) is 14.8. The average Bonchev–Trinajstić information content (AvgIpc) is 2.81. The molecule has 0 aliphatic heterocycles. The molecule has 2 aromatic rings. The largest absolute Gasteiger partial charge is 0.497 e. The Morgan fingerprint density at radius 3 is 1.94 bits per heavy atom. The van der Waals surface area contributed by atoms with Gasteiger partial charge in [-0.1, -0.05) is 38.1 Å². The second-order valence-electron chi connectivity index (χ2n) is 8.03. The number of hydrogen-bond donors (Lipinski definition) is 1. The Bertz CT molecular complexity index is 853. The second-order valence-corrected chi connectivity index (χ2v) is 9.01. The molecular weight excluding hydrogens is 424 g/mol. The van der Waals surface area contributed by atoms with Gasteiger partial charge in [0.05, 0.1) is 20.0 Å². The SMILES string of the molecule is COc1ccc(CSCC(=O)N(Cc2ccc(OC)cc2)[C@@H](C)C(=O)NCC(C)C)cc1. The minimum Gasteiger partial charge on any atom is -0.497 e. The Morgan fingerprint density at radius 1 is 0.906 bits per heavy atom. The molecule has 174 valence electrons. The highest BCUT2D eigenvalue weighted by Gasteiger charge is 2.26. The lowest BCUT2D eigenvalue weighted by Gasteiger charge is -2.29. The number of thioether (sulfide) groups is 1. The van der Waals surface area contributed by atoms with E-state index >= 15 is 0 Å². The van der Waals surface area contributed by atoms with Crippen LogP contribution in [0.4, 0.5) is 0 Å². The van der Waals surface area contributed by atoms with Crippen molar-refractivity contribution < 1.29 is 19.1 Å². The van der Waals surface area contributed by atoms with Gasteiger partial charge in [0.15, 0.2) is 0 Å². The zero-order valence-corrected chi connectivity index (χ0v) is 20.4. The number of carbonyl (C=O) groups excluding carboxylic acids is 2. The average molecular weight is 459 g/mol. The quantitative estimate of drug-likeness (QED) is 0.518. The molecule has 1 N–H and O–H groups in total. The number of nitrogens with zero attached hydrogens (tertiary/aromatic N) is 1. The van der Waals surface area contributed by atoms with Crippen LogP contribution in [0, 0.1) is 5.92 Å². The molecule has 0 aliphatic rings. The van der Waals surface area contributed by atoms with E-state index < -0.39 is 6.04 Å². The summed E-state index contributed by atoms with van der Waals surface area (Å²) in [4.78, 5) is 27.5. The fraction of sp³-hybridized carbons (Fsp3) is 0.440. The standard InChI is InChI=1S/C25H34N2O4S/c1-18(2)14-26-25(29)19(3)27(15-20-6-10-22(30-4)11-7-20)24(28)17-32-16-21-8-12-23(31-5)13-9-21/h6-13,18-19H,14-17H2,1-5H3,(H,26,29)/t19-/m0/s1. The maximum absolute atomic E-state index is 13.1. The third-order valence-corrected chi connectivity index (χ3v) is 6.01. The van der Waals surface area contributed by atoms with Crippen molar-refractivity contribution in [3.8, 4) is 11.5 Å². The lowest BCUT2D eigenvalue weighted by atomic mass is 10.1. The number of nitrogens with one attached hydrogen (secondary N) is 1. The summed E-state index contributed by atoms with van der Waals surface area (Å²) in [7, 11) is 3.25. The van der Waals surface area contributed by atoms with Crippen LogP contribution in [0.5, 0.6) is 11.5 Å². The van der Waals surface area contributed by atoms with Crippen molar-refractivity contribution >= 4 is 23.6 Å². The number of carbonyl (C=O) groups is 2. The first-order valence-electron chi connectivity index (χ1n) is 10.7. The van der Waals surface area contributed by atoms with E-state index in [-0.39, 0.29) is 11.8 Å². The molecule has 6 nitrogen and oxygen atoms in total. The van der Waals surface area contributed by atoms with Gasteiger partial charge in [-0.15, -0.1) is 11.8 Å². The van der Waals surface area contributed by atoms with E-state index in [4.69, 9.17) is 9.47 Å². The van der Waals surface area contributed by atoms with Gasteiger partial charge < -0.3 is 19.7 Å². The molecule has 32 heavy (non-hydrogen) atoms. The molecule has 0 saturated carbocycles.